The Morgan fingerprint density at radius 1 is 1.36 bits per heavy atom. The zero-order valence-corrected chi connectivity index (χ0v) is 7.38. The number of hydrogen-bond donors (Lipinski definition) is 1. The topological polar surface area (TPSA) is 55.5 Å². The molecule has 0 unspecified atom stereocenters. The molecule has 0 fully saturated rings. The van der Waals surface area contributed by atoms with E-state index >= 15 is 0 Å². The number of phenols is 1. The number of aromatic nitrogens is 1. The first-order valence-corrected chi connectivity index (χ1v) is 4.14. The zero-order valence-electron chi connectivity index (χ0n) is 7.38. The Balaban J connectivity index is 2.02. The SMILES string of the molecule is Oc1ccccc1OCc1cocn1. The Hall–Kier alpha value is -1.97. The lowest BCUT2D eigenvalue weighted by Gasteiger charge is -2.04. The summed E-state index contributed by atoms with van der Waals surface area (Å²) in [6, 6.07) is 6.78. The summed E-state index contributed by atoms with van der Waals surface area (Å²) in [6.07, 6.45) is 2.84. The Morgan fingerprint density at radius 2 is 2.21 bits per heavy atom. The van der Waals surface area contributed by atoms with Crippen molar-refractivity contribution in [3.8, 4) is 11.5 Å². The quantitative estimate of drug-likeness (QED) is 0.805. The second-order valence-corrected chi connectivity index (χ2v) is 2.74. The van der Waals surface area contributed by atoms with Crippen molar-refractivity contribution in [1.29, 1.82) is 0 Å². The van der Waals surface area contributed by atoms with Gasteiger partial charge in [0.05, 0.1) is 0 Å². The third-order valence-electron chi connectivity index (χ3n) is 1.72. The van der Waals surface area contributed by atoms with Crippen molar-refractivity contribution in [1.82, 2.24) is 4.98 Å². The predicted molar refractivity (Wildman–Crippen MR) is 48.9 cm³/mol. The maximum Gasteiger partial charge on any atom is 0.180 e. The maximum absolute atomic E-state index is 9.37. The van der Waals surface area contributed by atoms with Gasteiger partial charge in [-0.05, 0) is 12.1 Å². The molecule has 0 aliphatic carbocycles. The van der Waals surface area contributed by atoms with E-state index in [1.807, 2.05) is 0 Å². The molecule has 1 aromatic carbocycles. The number of ether oxygens (including phenoxy) is 1. The lowest BCUT2D eigenvalue weighted by atomic mass is 10.3. The highest BCUT2D eigenvalue weighted by atomic mass is 16.5. The molecule has 1 aromatic heterocycles. The highest BCUT2D eigenvalue weighted by molar-refractivity contribution is 5.37. The van der Waals surface area contributed by atoms with E-state index in [1.165, 1.54) is 12.7 Å². The molecular formula is C10H9NO3. The molecule has 2 aromatic rings. The molecule has 0 radical (unpaired) electrons. The second kappa shape index (κ2) is 3.83. The molecule has 1 N–H and O–H groups in total. The number of oxazole rings is 1. The molecule has 0 atom stereocenters. The summed E-state index contributed by atoms with van der Waals surface area (Å²) in [6.45, 7) is 0.286. The van der Waals surface area contributed by atoms with E-state index < -0.39 is 0 Å². The van der Waals surface area contributed by atoms with Gasteiger partial charge in [-0.15, -0.1) is 0 Å². The first kappa shape index (κ1) is 8.62. The molecule has 0 saturated carbocycles. The Labute approximate surface area is 80.8 Å². The summed E-state index contributed by atoms with van der Waals surface area (Å²) in [7, 11) is 0. The van der Waals surface area contributed by atoms with Gasteiger partial charge in [0.1, 0.15) is 18.6 Å². The van der Waals surface area contributed by atoms with Gasteiger partial charge in [-0.3, -0.25) is 0 Å². The van der Waals surface area contributed by atoms with Gasteiger partial charge in [-0.2, -0.15) is 0 Å². The van der Waals surface area contributed by atoms with Crippen molar-refractivity contribution in [2.24, 2.45) is 0 Å². The van der Waals surface area contributed by atoms with Crippen LogP contribution in [0.3, 0.4) is 0 Å². The smallest absolute Gasteiger partial charge is 0.180 e. The van der Waals surface area contributed by atoms with E-state index in [4.69, 9.17) is 9.15 Å². The summed E-state index contributed by atoms with van der Waals surface area (Å²) < 4.78 is 10.1. The third-order valence-corrected chi connectivity index (χ3v) is 1.72. The van der Waals surface area contributed by atoms with E-state index in [-0.39, 0.29) is 12.4 Å². The first-order valence-electron chi connectivity index (χ1n) is 4.14. The van der Waals surface area contributed by atoms with Gasteiger partial charge >= 0.3 is 0 Å². The van der Waals surface area contributed by atoms with Crippen molar-refractivity contribution in [3.63, 3.8) is 0 Å². The molecule has 1 heterocycles. The van der Waals surface area contributed by atoms with Crippen LogP contribution in [0.5, 0.6) is 11.5 Å². The van der Waals surface area contributed by atoms with Crippen LogP contribution in [-0.4, -0.2) is 10.1 Å². The minimum absolute atomic E-state index is 0.121. The van der Waals surface area contributed by atoms with E-state index in [0.717, 1.165) is 0 Å². The van der Waals surface area contributed by atoms with Crippen molar-refractivity contribution in [2.75, 3.05) is 0 Å². The van der Waals surface area contributed by atoms with Gasteiger partial charge in [0.25, 0.3) is 0 Å². The number of benzene rings is 1. The molecule has 14 heavy (non-hydrogen) atoms. The van der Waals surface area contributed by atoms with Crippen molar-refractivity contribution in [2.45, 2.75) is 6.61 Å². The van der Waals surface area contributed by atoms with Gasteiger partial charge < -0.3 is 14.3 Å². The van der Waals surface area contributed by atoms with Gasteiger partial charge in [-0.25, -0.2) is 4.98 Å². The molecular weight excluding hydrogens is 182 g/mol. The lowest BCUT2D eigenvalue weighted by Crippen LogP contribution is -1.95. The molecule has 4 heteroatoms. The standard InChI is InChI=1S/C10H9NO3/c12-9-3-1-2-4-10(9)14-6-8-5-13-7-11-8/h1-5,7,12H,6H2. The van der Waals surface area contributed by atoms with Crippen molar-refractivity contribution < 1.29 is 14.3 Å². The summed E-state index contributed by atoms with van der Waals surface area (Å²) in [5.41, 5.74) is 0.688. The van der Waals surface area contributed by atoms with Crippen LogP contribution < -0.4 is 4.74 Å². The largest absolute Gasteiger partial charge is 0.504 e. The fraction of sp³-hybridized carbons (Fsp3) is 0.100. The van der Waals surface area contributed by atoms with Gasteiger partial charge in [0.2, 0.25) is 0 Å². The van der Waals surface area contributed by atoms with Crippen molar-refractivity contribution in [3.05, 3.63) is 42.6 Å². The van der Waals surface area contributed by atoms with Crippen LogP contribution in [0.1, 0.15) is 5.69 Å². The summed E-state index contributed by atoms with van der Waals surface area (Å²) in [4.78, 5) is 3.89. The summed E-state index contributed by atoms with van der Waals surface area (Å²) in [5, 5.41) is 9.37. The minimum atomic E-state index is 0.121. The van der Waals surface area contributed by atoms with E-state index in [1.54, 1.807) is 24.3 Å². The maximum atomic E-state index is 9.37. The monoisotopic (exact) mass is 191 g/mol. The third kappa shape index (κ3) is 1.85. The van der Waals surface area contributed by atoms with E-state index in [0.29, 0.717) is 11.4 Å². The second-order valence-electron chi connectivity index (χ2n) is 2.74. The molecule has 2 rings (SSSR count). The predicted octanol–water partition coefficient (Wildman–Crippen LogP) is 1.96. The van der Waals surface area contributed by atoms with E-state index in [9.17, 15) is 5.11 Å². The minimum Gasteiger partial charge on any atom is -0.504 e. The number of nitrogens with zero attached hydrogens (tertiary/aromatic N) is 1. The van der Waals surface area contributed by atoms with Crippen LogP contribution in [0.2, 0.25) is 0 Å². The fourth-order valence-electron chi connectivity index (χ4n) is 1.04. The number of hydrogen-bond acceptors (Lipinski definition) is 4. The molecule has 0 amide bonds. The van der Waals surface area contributed by atoms with Crippen LogP contribution in [0.4, 0.5) is 0 Å². The molecule has 0 aliphatic rings. The Kier molecular flexibility index (Phi) is 2.36. The van der Waals surface area contributed by atoms with Gasteiger partial charge in [-0.1, -0.05) is 12.1 Å². The average molecular weight is 191 g/mol. The molecule has 0 aliphatic heterocycles. The summed E-state index contributed by atoms with van der Waals surface area (Å²) >= 11 is 0. The molecule has 0 saturated heterocycles. The van der Waals surface area contributed by atoms with Crippen LogP contribution in [0.15, 0.2) is 41.3 Å². The number of phenolic OH excluding ortho intramolecular Hbond substituents is 1. The highest BCUT2D eigenvalue weighted by Gasteiger charge is 2.01. The van der Waals surface area contributed by atoms with Gasteiger partial charge in [0.15, 0.2) is 17.9 Å². The van der Waals surface area contributed by atoms with Crippen LogP contribution in [0.25, 0.3) is 0 Å². The fourth-order valence-corrected chi connectivity index (χ4v) is 1.04. The molecule has 0 bridgehead atoms. The number of rotatable bonds is 3. The normalized spacial score (nSPS) is 10.0. The van der Waals surface area contributed by atoms with Crippen LogP contribution in [-0.2, 0) is 6.61 Å². The Morgan fingerprint density at radius 3 is 2.93 bits per heavy atom. The zero-order chi connectivity index (χ0) is 9.80. The highest BCUT2D eigenvalue weighted by Crippen LogP contribution is 2.24. The van der Waals surface area contributed by atoms with Gasteiger partial charge in [0, 0.05) is 0 Å². The summed E-state index contributed by atoms with van der Waals surface area (Å²) in [5.74, 6) is 0.562. The lowest BCUT2D eigenvalue weighted by molar-refractivity contribution is 0.284. The van der Waals surface area contributed by atoms with Crippen LogP contribution in [0, 0.1) is 0 Å². The number of aromatic hydroxyl groups is 1. The molecule has 4 nitrogen and oxygen atoms in total. The number of para-hydroxylation sites is 2. The Bertz CT molecular complexity index is 398. The van der Waals surface area contributed by atoms with Crippen LogP contribution >= 0.6 is 0 Å². The average Bonchev–Trinajstić information content (AvgIpc) is 2.69. The molecule has 0 spiro atoms. The molecule has 72 valence electrons. The first-order chi connectivity index (χ1) is 6.86. The van der Waals surface area contributed by atoms with Crippen molar-refractivity contribution >= 4 is 0 Å². The van der Waals surface area contributed by atoms with E-state index in [2.05, 4.69) is 4.98 Å².